The molecule has 104 valence electrons. The number of hydrogen-bond donors (Lipinski definition) is 1. The van der Waals surface area contributed by atoms with E-state index >= 15 is 0 Å². The lowest BCUT2D eigenvalue weighted by Crippen LogP contribution is -2.49. The molecule has 1 saturated heterocycles. The van der Waals surface area contributed by atoms with E-state index in [-0.39, 0.29) is 12.1 Å². The third-order valence-electron chi connectivity index (χ3n) is 4.50. The van der Waals surface area contributed by atoms with Gasteiger partial charge in [0.1, 0.15) is 6.04 Å². The predicted molar refractivity (Wildman–Crippen MR) is 69.6 cm³/mol. The first-order chi connectivity index (χ1) is 8.65. The molecule has 4 unspecified atom stereocenters. The minimum absolute atomic E-state index is 0.208. The van der Waals surface area contributed by atoms with Crippen LogP contribution < -0.4 is 0 Å². The lowest BCUT2D eigenvalue weighted by Gasteiger charge is -2.37. The van der Waals surface area contributed by atoms with Gasteiger partial charge in [-0.1, -0.05) is 12.8 Å². The summed E-state index contributed by atoms with van der Waals surface area (Å²) in [6.07, 6.45) is 5.69. The Morgan fingerprint density at radius 1 is 1.44 bits per heavy atom. The molecular weight excluding hydrogens is 230 g/mol. The van der Waals surface area contributed by atoms with E-state index in [1.807, 2.05) is 6.92 Å². The molecule has 1 heterocycles. The Morgan fingerprint density at radius 3 is 2.83 bits per heavy atom. The van der Waals surface area contributed by atoms with Crippen molar-refractivity contribution in [3.05, 3.63) is 0 Å². The Balaban J connectivity index is 2.08. The normalized spacial score (nSPS) is 34.2. The van der Waals surface area contributed by atoms with Gasteiger partial charge in [0.2, 0.25) is 0 Å². The van der Waals surface area contributed by atoms with E-state index in [2.05, 4.69) is 11.8 Å². The highest BCUT2D eigenvalue weighted by molar-refractivity contribution is 5.74. The van der Waals surface area contributed by atoms with Crippen molar-refractivity contribution in [1.82, 2.24) is 4.90 Å². The number of ether oxygens (including phenoxy) is 1. The Kier molecular flexibility index (Phi) is 4.62. The van der Waals surface area contributed by atoms with Gasteiger partial charge in [-0.2, -0.15) is 0 Å². The number of carboxylic acids is 1. The van der Waals surface area contributed by atoms with Crippen LogP contribution in [-0.4, -0.2) is 47.3 Å². The molecule has 0 aromatic carbocycles. The van der Waals surface area contributed by atoms with Crippen LogP contribution in [0.2, 0.25) is 0 Å². The summed E-state index contributed by atoms with van der Waals surface area (Å²) in [5, 5.41) is 9.42. The average molecular weight is 255 g/mol. The van der Waals surface area contributed by atoms with E-state index in [4.69, 9.17) is 4.74 Å². The first kappa shape index (κ1) is 13.8. The zero-order valence-corrected chi connectivity index (χ0v) is 11.5. The van der Waals surface area contributed by atoms with Crippen molar-refractivity contribution in [1.29, 1.82) is 0 Å². The van der Waals surface area contributed by atoms with Crippen molar-refractivity contribution in [3.63, 3.8) is 0 Å². The number of likely N-dealkylation sites (tertiary alicyclic amines) is 1. The van der Waals surface area contributed by atoms with Gasteiger partial charge in [0, 0.05) is 18.7 Å². The minimum Gasteiger partial charge on any atom is -0.480 e. The van der Waals surface area contributed by atoms with Gasteiger partial charge < -0.3 is 9.84 Å². The monoisotopic (exact) mass is 255 g/mol. The van der Waals surface area contributed by atoms with E-state index in [0.717, 1.165) is 12.8 Å². The van der Waals surface area contributed by atoms with Crippen LogP contribution >= 0.6 is 0 Å². The van der Waals surface area contributed by atoms with Crippen LogP contribution in [0.25, 0.3) is 0 Å². The zero-order chi connectivity index (χ0) is 13.1. The smallest absolute Gasteiger partial charge is 0.320 e. The van der Waals surface area contributed by atoms with Gasteiger partial charge in [-0.25, -0.2) is 0 Å². The number of carboxylic acid groups (broad SMARTS) is 1. The van der Waals surface area contributed by atoms with Crippen LogP contribution in [0.5, 0.6) is 0 Å². The fourth-order valence-electron chi connectivity index (χ4n) is 3.73. The highest BCUT2D eigenvalue weighted by Gasteiger charge is 2.46. The topological polar surface area (TPSA) is 49.8 Å². The third kappa shape index (κ3) is 2.69. The quantitative estimate of drug-likeness (QED) is 0.817. The third-order valence-corrected chi connectivity index (χ3v) is 4.50. The molecule has 4 atom stereocenters. The Bertz CT molecular complexity index is 295. The molecule has 0 bridgehead atoms. The summed E-state index contributed by atoms with van der Waals surface area (Å²) in [7, 11) is 0. The second-order valence-electron chi connectivity index (χ2n) is 5.66. The number of rotatable bonds is 5. The predicted octanol–water partition coefficient (Wildman–Crippen LogP) is 2.13. The molecule has 0 aromatic rings. The molecule has 1 aliphatic carbocycles. The van der Waals surface area contributed by atoms with Crippen molar-refractivity contribution in [3.8, 4) is 0 Å². The van der Waals surface area contributed by atoms with E-state index < -0.39 is 5.97 Å². The van der Waals surface area contributed by atoms with Gasteiger partial charge in [0.25, 0.3) is 0 Å². The molecule has 4 heteroatoms. The molecule has 0 radical (unpaired) electrons. The molecular formula is C14H25NO3. The fourth-order valence-corrected chi connectivity index (χ4v) is 3.73. The molecule has 2 fully saturated rings. The summed E-state index contributed by atoms with van der Waals surface area (Å²) < 4.78 is 5.48. The second-order valence-corrected chi connectivity index (χ2v) is 5.66. The van der Waals surface area contributed by atoms with E-state index in [9.17, 15) is 9.90 Å². The van der Waals surface area contributed by atoms with Crippen LogP contribution in [0.1, 0.15) is 46.0 Å². The first-order valence-electron chi connectivity index (χ1n) is 7.23. The fraction of sp³-hybridized carbons (Fsp3) is 0.929. The van der Waals surface area contributed by atoms with Crippen LogP contribution in [-0.2, 0) is 9.53 Å². The molecule has 1 saturated carbocycles. The molecule has 4 nitrogen and oxygen atoms in total. The minimum atomic E-state index is -0.659. The molecule has 0 amide bonds. The van der Waals surface area contributed by atoms with E-state index in [0.29, 0.717) is 25.2 Å². The Morgan fingerprint density at radius 2 is 2.17 bits per heavy atom. The summed E-state index contributed by atoms with van der Waals surface area (Å²) in [5.74, 6) is -0.0725. The van der Waals surface area contributed by atoms with Gasteiger partial charge in [-0.05, 0) is 39.0 Å². The summed E-state index contributed by atoms with van der Waals surface area (Å²) in [6, 6.07) is 0.378. The highest BCUT2D eigenvalue weighted by atomic mass is 16.5. The summed E-state index contributed by atoms with van der Waals surface area (Å²) in [6.45, 7) is 5.42. The van der Waals surface area contributed by atoms with Gasteiger partial charge in [0.15, 0.2) is 0 Å². The van der Waals surface area contributed by atoms with Crippen LogP contribution in [0, 0.1) is 5.92 Å². The maximum Gasteiger partial charge on any atom is 0.320 e. The summed E-state index contributed by atoms with van der Waals surface area (Å²) in [4.78, 5) is 13.7. The molecule has 18 heavy (non-hydrogen) atoms. The van der Waals surface area contributed by atoms with Gasteiger partial charge in [-0.15, -0.1) is 0 Å². The second kappa shape index (κ2) is 6.02. The SMILES string of the molecule is CCOCC(C)N1C(C(=O)O)CC2CCCCC21. The molecule has 1 N–H and O–H groups in total. The van der Waals surface area contributed by atoms with Crippen LogP contribution in [0.15, 0.2) is 0 Å². The number of nitrogens with zero attached hydrogens (tertiary/aromatic N) is 1. The van der Waals surface area contributed by atoms with Crippen molar-refractivity contribution < 1.29 is 14.6 Å². The molecule has 1 aliphatic heterocycles. The molecule has 2 aliphatic rings. The van der Waals surface area contributed by atoms with Crippen molar-refractivity contribution in [2.45, 2.75) is 64.1 Å². The number of carbonyl (C=O) groups is 1. The van der Waals surface area contributed by atoms with Crippen molar-refractivity contribution in [2.75, 3.05) is 13.2 Å². The van der Waals surface area contributed by atoms with Crippen molar-refractivity contribution >= 4 is 5.97 Å². The van der Waals surface area contributed by atoms with Crippen molar-refractivity contribution in [2.24, 2.45) is 5.92 Å². The molecule has 0 spiro atoms. The molecule has 2 rings (SSSR count). The van der Waals surface area contributed by atoms with Gasteiger partial charge in [-0.3, -0.25) is 9.69 Å². The average Bonchev–Trinajstić information content (AvgIpc) is 2.75. The maximum absolute atomic E-state index is 11.5. The summed E-state index contributed by atoms with van der Waals surface area (Å²) >= 11 is 0. The largest absolute Gasteiger partial charge is 0.480 e. The van der Waals surface area contributed by atoms with Crippen LogP contribution in [0.4, 0.5) is 0 Å². The number of aliphatic carboxylic acids is 1. The van der Waals surface area contributed by atoms with E-state index in [1.165, 1.54) is 19.3 Å². The lowest BCUT2D eigenvalue weighted by molar-refractivity contribution is -0.144. The number of hydrogen-bond acceptors (Lipinski definition) is 3. The highest BCUT2D eigenvalue weighted by Crippen LogP contribution is 2.40. The van der Waals surface area contributed by atoms with Crippen LogP contribution in [0.3, 0.4) is 0 Å². The van der Waals surface area contributed by atoms with E-state index in [1.54, 1.807) is 0 Å². The van der Waals surface area contributed by atoms with Gasteiger partial charge in [0.05, 0.1) is 6.61 Å². The number of fused-ring (bicyclic) bond motifs is 1. The molecule has 0 aromatic heterocycles. The zero-order valence-electron chi connectivity index (χ0n) is 11.5. The Labute approximate surface area is 109 Å². The first-order valence-corrected chi connectivity index (χ1v) is 7.23. The Hall–Kier alpha value is -0.610. The maximum atomic E-state index is 11.5. The van der Waals surface area contributed by atoms with Gasteiger partial charge >= 0.3 is 5.97 Å². The standard InChI is InChI=1S/C14H25NO3/c1-3-18-9-10(2)15-12-7-5-4-6-11(12)8-13(15)14(16)17/h10-13H,3-9H2,1-2H3,(H,16,17). The lowest BCUT2D eigenvalue weighted by atomic mass is 9.84. The summed E-state index contributed by atoms with van der Waals surface area (Å²) in [5.41, 5.74) is 0.